The predicted octanol–water partition coefficient (Wildman–Crippen LogP) is 2.66. The largest absolute Gasteiger partial charge is 0.464 e. The zero-order chi connectivity index (χ0) is 22.3. The molecule has 2 aromatic carbocycles. The molecular formula is C22H20N2O6S. The first kappa shape index (κ1) is 20.8. The molecule has 160 valence electrons. The van der Waals surface area contributed by atoms with Gasteiger partial charge in [-0.05, 0) is 48.7 Å². The highest BCUT2D eigenvalue weighted by atomic mass is 32.2. The van der Waals surface area contributed by atoms with Crippen molar-refractivity contribution in [1.82, 2.24) is 5.32 Å². The lowest BCUT2D eigenvalue weighted by Crippen LogP contribution is -2.27. The molecule has 0 aliphatic carbocycles. The first-order chi connectivity index (χ1) is 14.6. The van der Waals surface area contributed by atoms with E-state index in [-0.39, 0.29) is 29.3 Å². The number of fused-ring (bicyclic) bond motifs is 2. The lowest BCUT2D eigenvalue weighted by molar-refractivity contribution is -0.120. The van der Waals surface area contributed by atoms with Gasteiger partial charge in [-0.25, -0.2) is 18.4 Å². The van der Waals surface area contributed by atoms with Crippen LogP contribution < -0.4 is 16.1 Å². The van der Waals surface area contributed by atoms with Crippen LogP contribution >= 0.6 is 0 Å². The molecule has 0 spiro atoms. The van der Waals surface area contributed by atoms with E-state index >= 15 is 0 Å². The van der Waals surface area contributed by atoms with E-state index in [1.165, 1.54) is 12.1 Å². The molecule has 0 aliphatic rings. The van der Waals surface area contributed by atoms with Gasteiger partial charge in [-0.1, -0.05) is 12.1 Å². The summed E-state index contributed by atoms with van der Waals surface area (Å²) in [6.07, 6.45) is 1.50. The van der Waals surface area contributed by atoms with E-state index in [9.17, 15) is 18.0 Å². The molecule has 0 fully saturated rings. The molecule has 31 heavy (non-hydrogen) atoms. The summed E-state index contributed by atoms with van der Waals surface area (Å²) in [4.78, 5) is 24.9. The molecule has 9 heteroatoms. The number of furan rings is 1. The van der Waals surface area contributed by atoms with Crippen LogP contribution in [0.4, 0.5) is 0 Å². The molecule has 4 rings (SSSR count). The number of sulfonamides is 1. The van der Waals surface area contributed by atoms with Crippen LogP contribution in [-0.4, -0.2) is 14.3 Å². The van der Waals surface area contributed by atoms with Crippen molar-refractivity contribution in [3.05, 3.63) is 75.3 Å². The number of hydrogen-bond donors (Lipinski definition) is 2. The van der Waals surface area contributed by atoms with Crippen LogP contribution in [0.15, 0.2) is 61.2 Å². The fraction of sp³-hybridized carbons (Fsp3) is 0.182. The van der Waals surface area contributed by atoms with E-state index in [4.69, 9.17) is 14.0 Å². The third-order valence-electron chi connectivity index (χ3n) is 5.25. The van der Waals surface area contributed by atoms with Gasteiger partial charge in [0, 0.05) is 23.4 Å². The zero-order valence-electron chi connectivity index (χ0n) is 16.9. The Bertz CT molecular complexity index is 1480. The summed E-state index contributed by atoms with van der Waals surface area (Å²) in [5.41, 5.74) is 3.10. The molecule has 0 aliphatic heterocycles. The molecule has 0 saturated heterocycles. The van der Waals surface area contributed by atoms with Crippen molar-refractivity contribution in [3.63, 3.8) is 0 Å². The highest BCUT2D eigenvalue weighted by Crippen LogP contribution is 2.28. The van der Waals surface area contributed by atoms with E-state index in [1.54, 1.807) is 31.4 Å². The maximum absolute atomic E-state index is 12.5. The Hall–Kier alpha value is -3.43. The SMILES string of the molecule is Cc1coc2cc3oc(=O)c(CC(=O)NCc4ccc(S(N)(=O)=O)cc4)c(C)c3cc12. The summed E-state index contributed by atoms with van der Waals surface area (Å²) < 4.78 is 33.5. The average molecular weight is 440 g/mol. The lowest BCUT2D eigenvalue weighted by atomic mass is 10.0. The van der Waals surface area contributed by atoms with Gasteiger partial charge < -0.3 is 14.2 Å². The van der Waals surface area contributed by atoms with Crippen LogP contribution in [0.3, 0.4) is 0 Å². The van der Waals surface area contributed by atoms with Gasteiger partial charge in [-0.3, -0.25) is 4.79 Å². The van der Waals surface area contributed by atoms with Gasteiger partial charge in [0.2, 0.25) is 15.9 Å². The van der Waals surface area contributed by atoms with Crippen molar-refractivity contribution >= 4 is 37.9 Å². The van der Waals surface area contributed by atoms with Crippen LogP contribution in [0.2, 0.25) is 0 Å². The van der Waals surface area contributed by atoms with Gasteiger partial charge in [0.25, 0.3) is 0 Å². The second kappa shape index (κ2) is 7.68. The number of amides is 1. The molecular weight excluding hydrogens is 420 g/mol. The third-order valence-corrected chi connectivity index (χ3v) is 6.18. The first-order valence-electron chi connectivity index (χ1n) is 9.46. The van der Waals surface area contributed by atoms with Gasteiger partial charge >= 0.3 is 5.63 Å². The van der Waals surface area contributed by atoms with E-state index < -0.39 is 15.6 Å². The number of benzene rings is 2. The molecule has 3 N–H and O–H groups in total. The molecule has 8 nitrogen and oxygen atoms in total. The number of primary sulfonamides is 1. The number of rotatable bonds is 5. The zero-order valence-corrected chi connectivity index (χ0v) is 17.7. The fourth-order valence-electron chi connectivity index (χ4n) is 3.46. The second-order valence-electron chi connectivity index (χ2n) is 7.40. The van der Waals surface area contributed by atoms with Gasteiger partial charge in [-0.2, -0.15) is 0 Å². The molecule has 0 unspecified atom stereocenters. The van der Waals surface area contributed by atoms with Gasteiger partial charge in [-0.15, -0.1) is 0 Å². The summed E-state index contributed by atoms with van der Waals surface area (Å²) >= 11 is 0. The topological polar surface area (TPSA) is 133 Å². The number of carbonyl (C=O) groups excluding carboxylic acids is 1. The number of nitrogens with one attached hydrogen (secondary N) is 1. The Morgan fingerprint density at radius 3 is 2.45 bits per heavy atom. The lowest BCUT2D eigenvalue weighted by Gasteiger charge is -2.09. The molecule has 2 aromatic heterocycles. The maximum Gasteiger partial charge on any atom is 0.340 e. The van der Waals surface area contributed by atoms with Crippen LogP contribution in [0, 0.1) is 13.8 Å². The summed E-state index contributed by atoms with van der Waals surface area (Å²) in [7, 11) is -3.77. The van der Waals surface area contributed by atoms with E-state index in [0.29, 0.717) is 22.3 Å². The highest BCUT2D eigenvalue weighted by molar-refractivity contribution is 7.89. The Labute approximate surface area is 177 Å². The van der Waals surface area contributed by atoms with Crippen molar-refractivity contribution in [2.24, 2.45) is 5.14 Å². The van der Waals surface area contributed by atoms with Crippen LogP contribution in [0.25, 0.3) is 21.9 Å². The summed E-state index contributed by atoms with van der Waals surface area (Å²) in [5, 5.41) is 9.47. The van der Waals surface area contributed by atoms with Gasteiger partial charge in [0.15, 0.2) is 0 Å². The average Bonchev–Trinajstić information content (AvgIpc) is 3.08. The number of hydrogen-bond acceptors (Lipinski definition) is 6. The summed E-state index contributed by atoms with van der Waals surface area (Å²) in [6.45, 7) is 3.89. The number of aryl methyl sites for hydroxylation is 2. The van der Waals surface area contributed by atoms with Crippen molar-refractivity contribution in [3.8, 4) is 0 Å². The quantitative estimate of drug-likeness (QED) is 0.459. The number of carbonyl (C=O) groups is 1. The van der Waals surface area contributed by atoms with Crippen LogP contribution in [0.1, 0.15) is 22.3 Å². The molecule has 0 radical (unpaired) electrons. The Morgan fingerprint density at radius 1 is 1.06 bits per heavy atom. The molecule has 0 bridgehead atoms. The maximum atomic E-state index is 12.5. The Kier molecular flexibility index (Phi) is 5.16. The third kappa shape index (κ3) is 4.10. The number of nitrogens with two attached hydrogens (primary N) is 1. The minimum Gasteiger partial charge on any atom is -0.464 e. The monoisotopic (exact) mass is 440 g/mol. The van der Waals surface area contributed by atoms with Crippen LogP contribution in [-0.2, 0) is 27.8 Å². The summed E-state index contributed by atoms with van der Waals surface area (Å²) in [6, 6.07) is 9.45. The molecule has 0 saturated carbocycles. The fourth-order valence-corrected chi connectivity index (χ4v) is 3.98. The van der Waals surface area contributed by atoms with Crippen LogP contribution in [0.5, 0.6) is 0 Å². The smallest absolute Gasteiger partial charge is 0.340 e. The van der Waals surface area contributed by atoms with Crippen molar-refractivity contribution in [1.29, 1.82) is 0 Å². The van der Waals surface area contributed by atoms with Crippen molar-refractivity contribution in [2.45, 2.75) is 31.7 Å². The Morgan fingerprint density at radius 2 is 1.77 bits per heavy atom. The Balaban J connectivity index is 1.55. The molecule has 4 aromatic rings. The molecule has 0 atom stereocenters. The standard InChI is InChI=1S/C22H20N2O6S/c1-12-11-29-19-9-20-17(7-16(12)19)13(2)18(22(26)30-20)8-21(25)24-10-14-3-5-15(6-4-14)31(23,27)28/h3-7,9,11H,8,10H2,1-2H3,(H,24,25)(H2,23,27,28). The molecule has 2 heterocycles. The minimum atomic E-state index is -3.77. The van der Waals surface area contributed by atoms with Crippen molar-refractivity contribution < 1.29 is 22.0 Å². The normalized spacial score (nSPS) is 11.8. The van der Waals surface area contributed by atoms with Crippen molar-refractivity contribution in [2.75, 3.05) is 0 Å². The highest BCUT2D eigenvalue weighted by Gasteiger charge is 2.17. The minimum absolute atomic E-state index is 0.00561. The second-order valence-corrected chi connectivity index (χ2v) is 8.96. The van der Waals surface area contributed by atoms with E-state index in [1.807, 2.05) is 13.0 Å². The van der Waals surface area contributed by atoms with Gasteiger partial charge in [0.05, 0.1) is 23.1 Å². The summed E-state index contributed by atoms with van der Waals surface area (Å²) in [5.74, 6) is -0.356. The predicted molar refractivity (Wildman–Crippen MR) is 115 cm³/mol. The van der Waals surface area contributed by atoms with Gasteiger partial charge in [0.1, 0.15) is 11.2 Å². The van der Waals surface area contributed by atoms with E-state index in [0.717, 1.165) is 16.3 Å². The molecule has 1 amide bonds. The first-order valence-corrected chi connectivity index (χ1v) is 11.0. The van der Waals surface area contributed by atoms with E-state index in [2.05, 4.69) is 5.32 Å².